The summed E-state index contributed by atoms with van der Waals surface area (Å²) in [6, 6.07) is 9.17. The van der Waals surface area contributed by atoms with E-state index in [4.69, 9.17) is 5.73 Å². The summed E-state index contributed by atoms with van der Waals surface area (Å²) in [5.41, 5.74) is 7.70. The molecule has 0 aliphatic carbocycles. The van der Waals surface area contributed by atoms with Crippen molar-refractivity contribution >= 4 is 23.2 Å². The zero-order chi connectivity index (χ0) is 16.9. The molecule has 1 aromatic heterocycles. The summed E-state index contributed by atoms with van der Waals surface area (Å²) < 4.78 is 0. The Labute approximate surface area is 141 Å². The van der Waals surface area contributed by atoms with Crippen LogP contribution < -0.4 is 16.0 Å². The van der Waals surface area contributed by atoms with Crippen molar-refractivity contribution in [1.82, 2.24) is 4.98 Å². The van der Waals surface area contributed by atoms with E-state index in [1.54, 1.807) is 6.20 Å². The number of aromatic amines is 1. The standard InChI is InChI=1S/C18H22N4O2/c19-17(23)16-11-14(12-20-16)21-18(24)13-5-7-15(8-6-13)22-9-3-1-2-4-10-22/h5-8,11-12,20H,1-4,9-10H2,(H2,19,23)(H,21,24). The van der Waals surface area contributed by atoms with Gasteiger partial charge in [-0.2, -0.15) is 0 Å². The van der Waals surface area contributed by atoms with Crippen molar-refractivity contribution in [1.29, 1.82) is 0 Å². The minimum absolute atomic E-state index is 0.215. The maximum absolute atomic E-state index is 12.3. The number of nitrogens with two attached hydrogens (primary N) is 1. The Morgan fingerprint density at radius 3 is 2.29 bits per heavy atom. The second-order valence-electron chi connectivity index (χ2n) is 6.07. The smallest absolute Gasteiger partial charge is 0.265 e. The molecule has 1 aromatic carbocycles. The molecule has 6 nitrogen and oxygen atoms in total. The van der Waals surface area contributed by atoms with Gasteiger partial charge in [0.2, 0.25) is 0 Å². The van der Waals surface area contributed by atoms with Crippen LogP contribution in [0.3, 0.4) is 0 Å². The largest absolute Gasteiger partial charge is 0.372 e. The number of carbonyl (C=O) groups excluding carboxylic acids is 2. The van der Waals surface area contributed by atoms with Crippen molar-refractivity contribution in [2.45, 2.75) is 25.7 Å². The second-order valence-corrected chi connectivity index (χ2v) is 6.07. The number of anilines is 2. The number of hydrogen-bond donors (Lipinski definition) is 3. The van der Waals surface area contributed by atoms with Gasteiger partial charge in [-0.25, -0.2) is 0 Å². The molecule has 0 bridgehead atoms. The third-order valence-electron chi connectivity index (χ3n) is 4.31. The van der Waals surface area contributed by atoms with Gasteiger partial charge in [-0.15, -0.1) is 0 Å². The van der Waals surface area contributed by atoms with E-state index in [9.17, 15) is 9.59 Å². The Kier molecular flexibility index (Phi) is 4.84. The van der Waals surface area contributed by atoms with E-state index in [2.05, 4.69) is 15.2 Å². The topological polar surface area (TPSA) is 91.2 Å². The van der Waals surface area contributed by atoms with E-state index in [-0.39, 0.29) is 11.6 Å². The number of carbonyl (C=O) groups is 2. The molecule has 6 heteroatoms. The summed E-state index contributed by atoms with van der Waals surface area (Å²) in [6.45, 7) is 2.15. The van der Waals surface area contributed by atoms with Crippen molar-refractivity contribution in [2.24, 2.45) is 5.73 Å². The molecule has 1 aliphatic heterocycles. The lowest BCUT2D eigenvalue weighted by molar-refractivity contribution is 0.0993. The molecule has 0 unspecified atom stereocenters. The number of amides is 2. The zero-order valence-electron chi connectivity index (χ0n) is 13.5. The van der Waals surface area contributed by atoms with E-state index in [1.165, 1.54) is 31.7 Å². The van der Waals surface area contributed by atoms with Gasteiger partial charge in [0.05, 0.1) is 5.69 Å². The average molecular weight is 326 g/mol. The van der Waals surface area contributed by atoms with Crippen LogP contribution in [0.4, 0.5) is 11.4 Å². The molecule has 0 spiro atoms. The number of rotatable bonds is 4. The molecule has 2 amide bonds. The molecule has 4 N–H and O–H groups in total. The number of hydrogen-bond acceptors (Lipinski definition) is 3. The molecule has 0 radical (unpaired) electrons. The van der Waals surface area contributed by atoms with E-state index in [0.717, 1.165) is 18.8 Å². The molecule has 2 aromatic rings. The minimum Gasteiger partial charge on any atom is -0.372 e. The Balaban J connectivity index is 1.65. The molecule has 0 saturated carbocycles. The summed E-state index contributed by atoms with van der Waals surface area (Å²) in [5.74, 6) is -0.773. The highest BCUT2D eigenvalue weighted by atomic mass is 16.2. The first-order valence-corrected chi connectivity index (χ1v) is 8.28. The SMILES string of the molecule is NC(=O)c1cc(NC(=O)c2ccc(N3CCCCCC3)cc2)c[nH]1. The van der Waals surface area contributed by atoms with Gasteiger partial charge in [-0.1, -0.05) is 12.8 Å². The maximum atomic E-state index is 12.3. The number of aromatic nitrogens is 1. The highest BCUT2D eigenvalue weighted by Crippen LogP contribution is 2.20. The molecule has 126 valence electrons. The van der Waals surface area contributed by atoms with Gasteiger partial charge in [0.15, 0.2) is 0 Å². The lowest BCUT2D eigenvalue weighted by Gasteiger charge is -2.22. The third-order valence-corrected chi connectivity index (χ3v) is 4.31. The normalized spacial score (nSPS) is 14.9. The van der Waals surface area contributed by atoms with Crippen LogP contribution in [0.1, 0.15) is 46.5 Å². The summed E-state index contributed by atoms with van der Waals surface area (Å²) >= 11 is 0. The fourth-order valence-electron chi connectivity index (χ4n) is 2.96. The van der Waals surface area contributed by atoms with Crippen molar-refractivity contribution in [3.63, 3.8) is 0 Å². The second kappa shape index (κ2) is 7.21. The van der Waals surface area contributed by atoms with Crippen LogP contribution in [0, 0.1) is 0 Å². The molecule has 0 atom stereocenters. The van der Waals surface area contributed by atoms with Crippen LogP contribution in [-0.4, -0.2) is 29.9 Å². The van der Waals surface area contributed by atoms with E-state index in [1.807, 2.05) is 24.3 Å². The molecule has 1 saturated heterocycles. The van der Waals surface area contributed by atoms with Gasteiger partial charge in [0.25, 0.3) is 11.8 Å². The number of primary amides is 1. The van der Waals surface area contributed by atoms with Crippen LogP contribution in [0.25, 0.3) is 0 Å². The molecule has 24 heavy (non-hydrogen) atoms. The predicted molar refractivity (Wildman–Crippen MR) is 94.4 cm³/mol. The molecular weight excluding hydrogens is 304 g/mol. The fraction of sp³-hybridized carbons (Fsp3) is 0.333. The van der Waals surface area contributed by atoms with Gasteiger partial charge < -0.3 is 20.9 Å². The van der Waals surface area contributed by atoms with Crippen molar-refractivity contribution in [3.8, 4) is 0 Å². The monoisotopic (exact) mass is 326 g/mol. The lowest BCUT2D eigenvalue weighted by atomic mass is 10.1. The molecule has 2 heterocycles. The Hall–Kier alpha value is -2.76. The first-order valence-electron chi connectivity index (χ1n) is 8.28. The van der Waals surface area contributed by atoms with Gasteiger partial charge in [0.1, 0.15) is 5.69 Å². The Morgan fingerprint density at radius 1 is 1.04 bits per heavy atom. The van der Waals surface area contributed by atoms with Gasteiger partial charge in [0, 0.05) is 30.5 Å². The van der Waals surface area contributed by atoms with Gasteiger partial charge >= 0.3 is 0 Å². The highest BCUT2D eigenvalue weighted by molar-refractivity contribution is 6.05. The number of H-pyrrole nitrogens is 1. The number of nitrogens with zero attached hydrogens (tertiary/aromatic N) is 1. The van der Waals surface area contributed by atoms with Gasteiger partial charge in [-0.3, -0.25) is 9.59 Å². The highest BCUT2D eigenvalue weighted by Gasteiger charge is 2.12. The van der Waals surface area contributed by atoms with Crippen LogP contribution in [0.5, 0.6) is 0 Å². The number of benzene rings is 1. The summed E-state index contributed by atoms with van der Waals surface area (Å²) in [4.78, 5) is 28.4. The van der Waals surface area contributed by atoms with E-state index in [0.29, 0.717) is 11.3 Å². The van der Waals surface area contributed by atoms with Crippen LogP contribution in [0.15, 0.2) is 36.5 Å². The number of nitrogens with one attached hydrogen (secondary N) is 2. The molecule has 3 rings (SSSR count). The maximum Gasteiger partial charge on any atom is 0.265 e. The molecule has 1 aliphatic rings. The van der Waals surface area contributed by atoms with Crippen molar-refractivity contribution in [3.05, 3.63) is 47.8 Å². The first-order chi connectivity index (χ1) is 11.6. The summed E-state index contributed by atoms with van der Waals surface area (Å²) in [5, 5.41) is 2.75. The summed E-state index contributed by atoms with van der Waals surface area (Å²) in [6.07, 6.45) is 6.57. The third kappa shape index (κ3) is 3.76. The Morgan fingerprint density at radius 2 is 1.71 bits per heavy atom. The van der Waals surface area contributed by atoms with Crippen LogP contribution in [-0.2, 0) is 0 Å². The van der Waals surface area contributed by atoms with Crippen molar-refractivity contribution in [2.75, 3.05) is 23.3 Å². The minimum atomic E-state index is -0.558. The van der Waals surface area contributed by atoms with Crippen LogP contribution >= 0.6 is 0 Å². The van der Waals surface area contributed by atoms with Crippen LogP contribution in [0.2, 0.25) is 0 Å². The zero-order valence-corrected chi connectivity index (χ0v) is 13.5. The quantitative estimate of drug-likeness (QED) is 0.807. The first kappa shape index (κ1) is 16.1. The fourth-order valence-corrected chi connectivity index (χ4v) is 2.96. The summed E-state index contributed by atoms with van der Waals surface area (Å²) in [7, 11) is 0. The van der Waals surface area contributed by atoms with Gasteiger partial charge in [-0.05, 0) is 43.2 Å². The molecule has 1 fully saturated rings. The Bertz CT molecular complexity index is 713. The predicted octanol–water partition coefficient (Wildman–Crippen LogP) is 2.75. The van der Waals surface area contributed by atoms with E-state index < -0.39 is 5.91 Å². The van der Waals surface area contributed by atoms with E-state index >= 15 is 0 Å². The molecular formula is C18H22N4O2. The average Bonchev–Trinajstić information content (AvgIpc) is 2.89. The van der Waals surface area contributed by atoms with Crippen molar-refractivity contribution < 1.29 is 9.59 Å². The lowest BCUT2D eigenvalue weighted by Crippen LogP contribution is -2.23.